The summed E-state index contributed by atoms with van der Waals surface area (Å²) in [5.41, 5.74) is 1.12. The van der Waals surface area contributed by atoms with Gasteiger partial charge in [-0.25, -0.2) is 0 Å². The minimum Gasteiger partial charge on any atom is -0.494 e. The summed E-state index contributed by atoms with van der Waals surface area (Å²) in [6.45, 7) is 5.52. The van der Waals surface area contributed by atoms with Gasteiger partial charge in [-0.3, -0.25) is 4.79 Å². The Hall–Kier alpha value is -1.99. The molecule has 0 aliphatic heterocycles. The first kappa shape index (κ1) is 21.3. The molecular weight excluding hydrogens is 338 g/mol. The minimum absolute atomic E-state index is 0.107. The number of nitrogens with one attached hydrogen (secondary N) is 1. The molecule has 1 aromatic carbocycles. The van der Waals surface area contributed by atoms with E-state index in [2.05, 4.69) is 25.1 Å². The van der Waals surface area contributed by atoms with Gasteiger partial charge in [0.1, 0.15) is 17.9 Å². The van der Waals surface area contributed by atoms with Gasteiger partial charge in [0.25, 0.3) is 0 Å². The molecule has 1 aromatic rings. The average Bonchev–Trinajstić information content (AvgIpc) is 3.16. The Bertz CT molecular complexity index is 597. The van der Waals surface area contributed by atoms with E-state index >= 15 is 0 Å². The van der Waals surface area contributed by atoms with Crippen LogP contribution in [0.5, 0.6) is 5.75 Å². The van der Waals surface area contributed by atoms with Gasteiger partial charge in [-0.05, 0) is 62.1 Å². The fraction of sp³-hybridized carbons (Fsp3) is 0.609. The van der Waals surface area contributed by atoms with Crippen LogP contribution in [0.25, 0.3) is 0 Å². The van der Waals surface area contributed by atoms with E-state index in [0.717, 1.165) is 56.3 Å². The highest BCUT2D eigenvalue weighted by Gasteiger charge is 2.25. The normalized spacial score (nSPS) is 15.5. The van der Waals surface area contributed by atoms with Crippen molar-refractivity contribution in [1.29, 1.82) is 0 Å². The van der Waals surface area contributed by atoms with E-state index in [0.29, 0.717) is 19.1 Å². The van der Waals surface area contributed by atoms with E-state index in [9.17, 15) is 4.79 Å². The van der Waals surface area contributed by atoms with Crippen molar-refractivity contribution in [2.75, 3.05) is 6.61 Å². The zero-order valence-corrected chi connectivity index (χ0v) is 16.7. The van der Waals surface area contributed by atoms with Crippen LogP contribution >= 0.6 is 0 Å². The average molecular weight is 372 g/mol. The second-order valence-corrected chi connectivity index (χ2v) is 7.71. The lowest BCUT2D eigenvalue weighted by molar-refractivity contribution is -0.151. The van der Waals surface area contributed by atoms with Crippen LogP contribution in [0.1, 0.15) is 64.4 Å². The van der Waals surface area contributed by atoms with Gasteiger partial charge in [-0.2, -0.15) is 0 Å². The van der Waals surface area contributed by atoms with Crippen LogP contribution in [0.4, 0.5) is 0 Å². The number of esters is 1. The van der Waals surface area contributed by atoms with Crippen molar-refractivity contribution >= 4 is 5.97 Å². The van der Waals surface area contributed by atoms with E-state index in [1.54, 1.807) is 0 Å². The number of hydrogen-bond donors (Lipinski definition) is 1. The molecular formula is C23H33NO3. The highest BCUT2D eigenvalue weighted by molar-refractivity contribution is 5.76. The summed E-state index contributed by atoms with van der Waals surface area (Å²) in [6.07, 6.45) is 12.1. The van der Waals surface area contributed by atoms with Gasteiger partial charge < -0.3 is 14.8 Å². The minimum atomic E-state index is -0.259. The van der Waals surface area contributed by atoms with Crippen LogP contribution in [-0.2, 0) is 16.1 Å². The van der Waals surface area contributed by atoms with Gasteiger partial charge in [-0.15, -0.1) is 12.3 Å². The predicted octanol–water partition coefficient (Wildman–Crippen LogP) is 4.47. The summed E-state index contributed by atoms with van der Waals surface area (Å²) in [7, 11) is 0. The molecule has 0 spiro atoms. The van der Waals surface area contributed by atoms with Crippen molar-refractivity contribution in [3.05, 3.63) is 29.8 Å². The van der Waals surface area contributed by atoms with Crippen LogP contribution in [-0.4, -0.2) is 24.7 Å². The molecule has 0 unspecified atom stereocenters. The molecule has 1 aliphatic carbocycles. The molecule has 2 rings (SSSR count). The van der Waals surface area contributed by atoms with Crippen LogP contribution in [0.15, 0.2) is 24.3 Å². The fourth-order valence-electron chi connectivity index (χ4n) is 3.30. The van der Waals surface area contributed by atoms with Gasteiger partial charge in [0.2, 0.25) is 0 Å². The lowest BCUT2D eigenvalue weighted by atomic mass is 10.0. The molecule has 148 valence electrons. The van der Waals surface area contributed by atoms with Crippen molar-refractivity contribution in [3.63, 3.8) is 0 Å². The predicted molar refractivity (Wildman–Crippen MR) is 108 cm³/mol. The largest absolute Gasteiger partial charge is 0.494 e. The van der Waals surface area contributed by atoms with E-state index in [4.69, 9.17) is 15.9 Å². The lowest BCUT2D eigenvalue weighted by Crippen LogP contribution is -2.40. The highest BCUT2D eigenvalue weighted by atomic mass is 16.5. The van der Waals surface area contributed by atoms with Gasteiger partial charge in [0, 0.05) is 13.0 Å². The number of hydrogen-bond acceptors (Lipinski definition) is 4. The Morgan fingerprint density at radius 3 is 2.59 bits per heavy atom. The molecule has 1 N–H and O–H groups in total. The fourth-order valence-corrected chi connectivity index (χ4v) is 3.30. The van der Waals surface area contributed by atoms with Crippen LogP contribution in [0.2, 0.25) is 0 Å². The van der Waals surface area contributed by atoms with E-state index in [1.165, 1.54) is 0 Å². The topological polar surface area (TPSA) is 47.6 Å². The first-order chi connectivity index (χ1) is 13.1. The molecule has 4 heteroatoms. The van der Waals surface area contributed by atoms with Crippen molar-refractivity contribution in [2.45, 2.75) is 77.5 Å². The Morgan fingerprint density at radius 1 is 1.26 bits per heavy atom. The second-order valence-electron chi connectivity index (χ2n) is 7.71. The smallest absolute Gasteiger partial charge is 0.323 e. The number of terminal acetylenes is 1. The molecule has 0 aromatic heterocycles. The van der Waals surface area contributed by atoms with E-state index in [-0.39, 0.29) is 18.1 Å². The third kappa shape index (κ3) is 8.05. The molecule has 0 saturated heterocycles. The summed E-state index contributed by atoms with van der Waals surface area (Å²) in [5.74, 6) is 3.77. The van der Waals surface area contributed by atoms with Gasteiger partial charge in [0.15, 0.2) is 0 Å². The second kappa shape index (κ2) is 11.7. The summed E-state index contributed by atoms with van der Waals surface area (Å²) in [6, 6.07) is 7.71. The zero-order valence-electron chi connectivity index (χ0n) is 16.7. The van der Waals surface area contributed by atoms with Crippen molar-refractivity contribution < 1.29 is 14.3 Å². The van der Waals surface area contributed by atoms with Crippen LogP contribution < -0.4 is 10.1 Å². The highest BCUT2D eigenvalue weighted by Crippen LogP contribution is 2.22. The number of unbranched alkanes of at least 4 members (excludes halogenated alkanes) is 1. The molecule has 1 aliphatic rings. The summed E-state index contributed by atoms with van der Waals surface area (Å²) < 4.78 is 11.4. The molecule has 1 atom stereocenters. The summed E-state index contributed by atoms with van der Waals surface area (Å²) >= 11 is 0. The van der Waals surface area contributed by atoms with E-state index < -0.39 is 0 Å². The maximum absolute atomic E-state index is 12.6. The molecule has 4 nitrogen and oxygen atoms in total. The Labute approximate surface area is 164 Å². The first-order valence-corrected chi connectivity index (χ1v) is 10.2. The number of carbonyl (C=O) groups is 1. The molecule has 0 bridgehead atoms. The quantitative estimate of drug-likeness (QED) is 0.354. The maximum atomic E-state index is 12.6. The summed E-state index contributed by atoms with van der Waals surface area (Å²) in [4.78, 5) is 12.6. The van der Waals surface area contributed by atoms with Crippen LogP contribution in [0.3, 0.4) is 0 Å². The van der Waals surface area contributed by atoms with Gasteiger partial charge in [0.05, 0.1) is 6.61 Å². The molecule has 0 amide bonds. The Kier molecular flexibility index (Phi) is 9.21. The molecule has 1 fully saturated rings. The molecule has 27 heavy (non-hydrogen) atoms. The van der Waals surface area contributed by atoms with Gasteiger partial charge >= 0.3 is 5.97 Å². The summed E-state index contributed by atoms with van der Waals surface area (Å²) in [5, 5.41) is 3.38. The third-order valence-electron chi connectivity index (χ3n) is 4.79. The zero-order chi connectivity index (χ0) is 19.5. The van der Waals surface area contributed by atoms with Crippen LogP contribution in [0, 0.1) is 18.3 Å². The number of ether oxygens (including phenoxy) is 2. The molecule has 1 saturated carbocycles. The number of benzene rings is 1. The lowest BCUT2D eigenvalue weighted by Gasteiger charge is -2.22. The van der Waals surface area contributed by atoms with Crippen molar-refractivity contribution in [1.82, 2.24) is 5.32 Å². The maximum Gasteiger partial charge on any atom is 0.323 e. The number of carbonyl (C=O) groups excluding carboxylic acids is 1. The first-order valence-electron chi connectivity index (χ1n) is 10.2. The van der Waals surface area contributed by atoms with E-state index in [1.807, 2.05) is 24.3 Å². The standard InChI is InChI=1S/C23H33NO3/c1-4-5-8-15-26-20-13-11-19(12-14-20)17-24-22(16-18(2)3)23(25)27-21-9-6-7-10-21/h1,11-14,18,21-22,24H,5-10,15-17H2,2-3H3/t22-/m0/s1. The molecule has 0 heterocycles. The third-order valence-corrected chi connectivity index (χ3v) is 4.79. The molecule has 0 radical (unpaired) electrons. The van der Waals surface area contributed by atoms with Gasteiger partial charge in [-0.1, -0.05) is 26.0 Å². The Balaban J connectivity index is 1.82. The monoisotopic (exact) mass is 371 g/mol. The van der Waals surface area contributed by atoms with Crippen molar-refractivity contribution in [3.8, 4) is 18.1 Å². The van der Waals surface area contributed by atoms with Crippen molar-refractivity contribution in [2.24, 2.45) is 5.92 Å². The Morgan fingerprint density at radius 2 is 1.96 bits per heavy atom. The number of rotatable bonds is 11. The SMILES string of the molecule is C#CCCCOc1ccc(CN[C@@H](CC(C)C)C(=O)OC2CCCC2)cc1.